The highest BCUT2D eigenvalue weighted by Gasteiger charge is 2.29. The molecule has 0 saturated carbocycles. The standard InChI is InChI=1S/C15H22N2O3/c1-10(2)17(5)14(20)16-12-8-6-11(7-9-12)15(3,4)13(18)19/h6-10H,1-5H3,(H,16,20)(H,18,19). The minimum absolute atomic E-state index is 0.111. The summed E-state index contributed by atoms with van der Waals surface area (Å²) in [4.78, 5) is 24.6. The minimum Gasteiger partial charge on any atom is -0.481 e. The number of amides is 2. The fourth-order valence-corrected chi connectivity index (χ4v) is 1.54. The van der Waals surface area contributed by atoms with Crippen LogP contribution in [0.15, 0.2) is 24.3 Å². The smallest absolute Gasteiger partial charge is 0.321 e. The average molecular weight is 278 g/mol. The Bertz CT molecular complexity index is 492. The lowest BCUT2D eigenvalue weighted by Crippen LogP contribution is -2.36. The van der Waals surface area contributed by atoms with Crippen LogP contribution >= 0.6 is 0 Å². The maximum Gasteiger partial charge on any atom is 0.321 e. The number of hydrogen-bond donors (Lipinski definition) is 2. The molecule has 5 heteroatoms. The molecule has 1 rings (SSSR count). The van der Waals surface area contributed by atoms with Gasteiger partial charge >= 0.3 is 12.0 Å². The Morgan fingerprint density at radius 3 is 2.10 bits per heavy atom. The van der Waals surface area contributed by atoms with Gasteiger partial charge in [-0.15, -0.1) is 0 Å². The van der Waals surface area contributed by atoms with Gasteiger partial charge in [-0.1, -0.05) is 12.1 Å². The van der Waals surface area contributed by atoms with E-state index in [1.807, 2.05) is 13.8 Å². The van der Waals surface area contributed by atoms with Crippen LogP contribution in [0.2, 0.25) is 0 Å². The molecule has 0 aliphatic heterocycles. The molecule has 0 heterocycles. The summed E-state index contributed by atoms with van der Waals surface area (Å²) in [6.45, 7) is 7.15. The van der Waals surface area contributed by atoms with Gasteiger partial charge in [0.2, 0.25) is 0 Å². The number of hydrogen-bond acceptors (Lipinski definition) is 2. The number of benzene rings is 1. The number of rotatable bonds is 4. The minimum atomic E-state index is -0.947. The maximum absolute atomic E-state index is 11.9. The SMILES string of the molecule is CC(C)N(C)C(=O)Nc1ccc(C(C)(C)C(=O)O)cc1. The van der Waals surface area contributed by atoms with E-state index in [2.05, 4.69) is 5.32 Å². The molecule has 0 aromatic heterocycles. The van der Waals surface area contributed by atoms with Crippen molar-refractivity contribution in [3.8, 4) is 0 Å². The van der Waals surface area contributed by atoms with Gasteiger partial charge < -0.3 is 15.3 Å². The summed E-state index contributed by atoms with van der Waals surface area (Å²) in [5.74, 6) is -0.881. The van der Waals surface area contributed by atoms with E-state index in [9.17, 15) is 9.59 Å². The van der Waals surface area contributed by atoms with Gasteiger partial charge in [-0.2, -0.15) is 0 Å². The van der Waals surface area contributed by atoms with Gasteiger partial charge in [0.05, 0.1) is 5.41 Å². The first-order chi connectivity index (χ1) is 9.16. The van der Waals surface area contributed by atoms with Gasteiger partial charge in [-0.25, -0.2) is 4.79 Å². The Kier molecular flexibility index (Phi) is 4.76. The van der Waals surface area contributed by atoms with Gasteiger partial charge in [-0.3, -0.25) is 4.79 Å². The van der Waals surface area contributed by atoms with Gasteiger partial charge in [0.25, 0.3) is 0 Å². The number of nitrogens with zero attached hydrogens (tertiary/aromatic N) is 1. The summed E-state index contributed by atoms with van der Waals surface area (Å²) in [6.07, 6.45) is 0. The van der Waals surface area contributed by atoms with Gasteiger partial charge in [0.15, 0.2) is 0 Å². The van der Waals surface area contributed by atoms with E-state index < -0.39 is 11.4 Å². The molecule has 0 spiro atoms. The predicted octanol–water partition coefficient (Wildman–Crippen LogP) is 2.92. The summed E-state index contributed by atoms with van der Waals surface area (Å²) >= 11 is 0. The van der Waals surface area contributed by atoms with Crippen LogP contribution in [0.5, 0.6) is 0 Å². The Balaban J connectivity index is 2.83. The van der Waals surface area contributed by atoms with Crippen LogP contribution in [-0.4, -0.2) is 35.1 Å². The Morgan fingerprint density at radius 1 is 1.20 bits per heavy atom. The fraction of sp³-hybridized carbons (Fsp3) is 0.467. The molecule has 1 aromatic rings. The summed E-state index contributed by atoms with van der Waals surface area (Å²) in [7, 11) is 1.72. The highest BCUT2D eigenvalue weighted by molar-refractivity contribution is 5.89. The van der Waals surface area contributed by atoms with Gasteiger partial charge in [0.1, 0.15) is 0 Å². The summed E-state index contributed by atoms with van der Waals surface area (Å²) in [6, 6.07) is 6.79. The largest absolute Gasteiger partial charge is 0.481 e. The van der Waals surface area contributed by atoms with E-state index >= 15 is 0 Å². The molecular weight excluding hydrogens is 256 g/mol. The van der Waals surface area contributed by atoms with Crippen LogP contribution in [0.3, 0.4) is 0 Å². The molecule has 5 nitrogen and oxygen atoms in total. The van der Waals surface area contributed by atoms with Crippen LogP contribution in [0, 0.1) is 0 Å². The number of nitrogens with one attached hydrogen (secondary N) is 1. The third-order valence-electron chi connectivity index (χ3n) is 3.49. The van der Waals surface area contributed by atoms with Gasteiger partial charge in [-0.05, 0) is 45.4 Å². The van der Waals surface area contributed by atoms with E-state index in [-0.39, 0.29) is 12.1 Å². The first kappa shape index (κ1) is 16.0. The van der Waals surface area contributed by atoms with Crippen LogP contribution in [0.25, 0.3) is 0 Å². The van der Waals surface area contributed by atoms with E-state index in [0.29, 0.717) is 11.3 Å². The van der Waals surface area contributed by atoms with Crippen LogP contribution in [-0.2, 0) is 10.2 Å². The van der Waals surface area contributed by atoms with Crippen molar-refractivity contribution >= 4 is 17.7 Å². The molecule has 2 N–H and O–H groups in total. The number of carbonyl (C=O) groups is 2. The molecule has 0 atom stereocenters. The Hall–Kier alpha value is -2.04. The van der Waals surface area contributed by atoms with Crippen molar-refractivity contribution in [3.05, 3.63) is 29.8 Å². The first-order valence-corrected chi connectivity index (χ1v) is 6.54. The lowest BCUT2D eigenvalue weighted by molar-refractivity contribution is -0.142. The van der Waals surface area contributed by atoms with E-state index in [0.717, 1.165) is 0 Å². The molecule has 20 heavy (non-hydrogen) atoms. The van der Waals surface area contributed by atoms with Crippen LogP contribution < -0.4 is 5.32 Å². The molecule has 110 valence electrons. The highest BCUT2D eigenvalue weighted by atomic mass is 16.4. The van der Waals surface area contributed by atoms with E-state index in [1.165, 1.54) is 0 Å². The third kappa shape index (κ3) is 3.50. The lowest BCUT2D eigenvalue weighted by atomic mass is 9.85. The van der Waals surface area contributed by atoms with Crippen molar-refractivity contribution in [2.75, 3.05) is 12.4 Å². The molecule has 0 fully saturated rings. The molecule has 0 saturated heterocycles. The van der Waals surface area contributed by atoms with E-state index in [4.69, 9.17) is 5.11 Å². The molecule has 0 aliphatic carbocycles. The zero-order valence-electron chi connectivity index (χ0n) is 12.6. The number of carboxylic acid groups (broad SMARTS) is 1. The Labute approximate surface area is 119 Å². The third-order valence-corrected chi connectivity index (χ3v) is 3.49. The summed E-state index contributed by atoms with van der Waals surface area (Å²) in [5, 5.41) is 11.9. The van der Waals surface area contributed by atoms with Crippen molar-refractivity contribution in [1.29, 1.82) is 0 Å². The molecule has 2 amide bonds. The monoisotopic (exact) mass is 278 g/mol. The number of carbonyl (C=O) groups excluding carboxylic acids is 1. The molecule has 0 aliphatic rings. The fourth-order valence-electron chi connectivity index (χ4n) is 1.54. The van der Waals surface area contributed by atoms with Crippen molar-refractivity contribution in [2.45, 2.75) is 39.2 Å². The molecule has 0 unspecified atom stereocenters. The Morgan fingerprint density at radius 2 is 1.70 bits per heavy atom. The van der Waals surface area contributed by atoms with E-state index in [1.54, 1.807) is 50.1 Å². The highest BCUT2D eigenvalue weighted by Crippen LogP contribution is 2.24. The van der Waals surface area contributed by atoms with Crippen molar-refractivity contribution in [2.24, 2.45) is 0 Å². The van der Waals surface area contributed by atoms with Crippen molar-refractivity contribution in [3.63, 3.8) is 0 Å². The summed E-state index contributed by atoms with van der Waals surface area (Å²) in [5.41, 5.74) is 0.393. The van der Waals surface area contributed by atoms with Gasteiger partial charge in [0, 0.05) is 18.8 Å². The normalized spacial score (nSPS) is 11.3. The number of carboxylic acids is 1. The van der Waals surface area contributed by atoms with Crippen molar-refractivity contribution < 1.29 is 14.7 Å². The second-order valence-electron chi connectivity index (χ2n) is 5.64. The maximum atomic E-state index is 11.9. The number of urea groups is 1. The zero-order valence-corrected chi connectivity index (χ0v) is 12.6. The second-order valence-corrected chi connectivity index (χ2v) is 5.64. The molecule has 1 aromatic carbocycles. The lowest BCUT2D eigenvalue weighted by Gasteiger charge is -2.23. The number of anilines is 1. The predicted molar refractivity (Wildman–Crippen MR) is 79.0 cm³/mol. The molecule has 0 bridgehead atoms. The number of aliphatic carboxylic acids is 1. The quantitative estimate of drug-likeness (QED) is 0.889. The molecule has 0 radical (unpaired) electrons. The average Bonchev–Trinajstić information content (AvgIpc) is 2.38. The van der Waals surface area contributed by atoms with Crippen LogP contribution in [0.1, 0.15) is 33.3 Å². The second kappa shape index (κ2) is 5.94. The molecular formula is C15H22N2O3. The van der Waals surface area contributed by atoms with Crippen molar-refractivity contribution in [1.82, 2.24) is 4.90 Å². The zero-order chi connectivity index (χ0) is 15.5. The van der Waals surface area contributed by atoms with Crippen LogP contribution in [0.4, 0.5) is 10.5 Å². The first-order valence-electron chi connectivity index (χ1n) is 6.54. The summed E-state index contributed by atoms with van der Waals surface area (Å²) < 4.78 is 0. The topological polar surface area (TPSA) is 69.6 Å².